The Balaban J connectivity index is 0.000000159. The predicted octanol–water partition coefficient (Wildman–Crippen LogP) is 4.06. The lowest BCUT2D eigenvalue weighted by atomic mass is 10.0. The van der Waals surface area contributed by atoms with Gasteiger partial charge in [-0.2, -0.15) is 0 Å². The van der Waals surface area contributed by atoms with Crippen LogP contribution in [0.1, 0.15) is 15.9 Å². The molecule has 24 heavy (non-hydrogen) atoms. The van der Waals surface area contributed by atoms with Crippen LogP contribution in [0, 0.1) is 0 Å². The second-order valence-electron chi connectivity index (χ2n) is 5.20. The van der Waals surface area contributed by atoms with Gasteiger partial charge in [-0.15, -0.1) is 0 Å². The van der Waals surface area contributed by atoms with Gasteiger partial charge in [-0.05, 0) is 24.3 Å². The molecular formula is C20H17N3O. The number of nitrogen functional groups attached to an aromatic ring is 1. The summed E-state index contributed by atoms with van der Waals surface area (Å²) < 4.78 is 0. The van der Waals surface area contributed by atoms with Crippen LogP contribution in [0.3, 0.4) is 0 Å². The van der Waals surface area contributed by atoms with E-state index in [1.807, 2.05) is 54.6 Å². The van der Waals surface area contributed by atoms with Gasteiger partial charge in [0.1, 0.15) is 0 Å². The number of hydrogen-bond donors (Lipinski definition) is 2. The molecule has 4 nitrogen and oxygen atoms in total. The number of aromatic nitrogens is 2. The molecule has 118 valence electrons. The number of para-hydroxylation sites is 3. The highest BCUT2D eigenvalue weighted by Gasteiger charge is 2.10. The average molecular weight is 315 g/mol. The summed E-state index contributed by atoms with van der Waals surface area (Å²) in [7, 11) is 0. The van der Waals surface area contributed by atoms with Gasteiger partial charge in [-0.1, -0.05) is 54.6 Å². The Morgan fingerprint density at radius 3 is 2.25 bits per heavy atom. The maximum absolute atomic E-state index is 12.0. The summed E-state index contributed by atoms with van der Waals surface area (Å²) in [5.41, 5.74) is 9.60. The molecule has 0 unspecified atom stereocenters. The van der Waals surface area contributed by atoms with Crippen molar-refractivity contribution in [3.8, 4) is 0 Å². The standard InChI is InChI=1S/C13H11NO.C7H6N2/c14-12-9-5-4-8-11(12)13(15)10-6-2-1-3-7-10;1-2-4-7-6(3-1)8-5-9-7/h1-9H,14H2;1-5H,(H,8,9). The van der Waals surface area contributed by atoms with Gasteiger partial charge in [0.05, 0.1) is 17.4 Å². The minimum Gasteiger partial charge on any atom is -0.398 e. The fraction of sp³-hybridized carbons (Fsp3) is 0. The number of nitrogens with one attached hydrogen (secondary N) is 1. The number of aromatic amines is 1. The van der Waals surface area contributed by atoms with E-state index in [-0.39, 0.29) is 5.78 Å². The topological polar surface area (TPSA) is 71.8 Å². The molecule has 1 aromatic heterocycles. The molecule has 0 amide bonds. The number of hydrogen-bond acceptors (Lipinski definition) is 3. The molecule has 0 aliphatic carbocycles. The van der Waals surface area contributed by atoms with Crippen LogP contribution >= 0.6 is 0 Å². The molecule has 0 aliphatic rings. The number of rotatable bonds is 2. The van der Waals surface area contributed by atoms with Crippen LogP contribution in [0.5, 0.6) is 0 Å². The zero-order valence-corrected chi connectivity index (χ0v) is 13.0. The van der Waals surface area contributed by atoms with E-state index in [1.165, 1.54) is 0 Å². The molecule has 4 heteroatoms. The summed E-state index contributed by atoms with van der Waals surface area (Å²) in [6.07, 6.45) is 1.70. The lowest BCUT2D eigenvalue weighted by Gasteiger charge is -2.03. The Morgan fingerprint density at radius 2 is 1.50 bits per heavy atom. The minimum absolute atomic E-state index is 0.0336. The lowest BCUT2D eigenvalue weighted by molar-refractivity contribution is 0.103. The highest BCUT2D eigenvalue weighted by atomic mass is 16.1. The van der Waals surface area contributed by atoms with Gasteiger partial charge >= 0.3 is 0 Å². The Labute approximate surface area is 140 Å². The van der Waals surface area contributed by atoms with E-state index < -0.39 is 0 Å². The number of H-pyrrole nitrogens is 1. The minimum atomic E-state index is -0.0336. The van der Waals surface area contributed by atoms with Crippen molar-refractivity contribution < 1.29 is 4.79 Å². The van der Waals surface area contributed by atoms with Crippen molar-refractivity contribution in [1.82, 2.24) is 9.97 Å². The molecular weight excluding hydrogens is 298 g/mol. The number of ketones is 1. The second kappa shape index (κ2) is 7.24. The molecule has 3 N–H and O–H groups in total. The first-order chi connectivity index (χ1) is 11.8. The van der Waals surface area contributed by atoms with Crippen LogP contribution < -0.4 is 5.73 Å². The van der Waals surface area contributed by atoms with Crippen molar-refractivity contribution in [2.45, 2.75) is 0 Å². The maximum atomic E-state index is 12.0. The van der Waals surface area contributed by atoms with Gasteiger partial charge in [0.25, 0.3) is 0 Å². The number of nitrogens with zero attached hydrogens (tertiary/aromatic N) is 1. The highest BCUT2D eigenvalue weighted by molar-refractivity contribution is 6.11. The molecule has 4 rings (SSSR count). The molecule has 0 saturated heterocycles. The number of carbonyl (C=O) groups excluding carboxylic acids is 1. The van der Waals surface area contributed by atoms with Gasteiger partial charge in [-0.3, -0.25) is 4.79 Å². The second-order valence-corrected chi connectivity index (χ2v) is 5.20. The van der Waals surface area contributed by atoms with E-state index in [2.05, 4.69) is 9.97 Å². The van der Waals surface area contributed by atoms with Crippen molar-refractivity contribution in [3.63, 3.8) is 0 Å². The van der Waals surface area contributed by atoms with E-state index in [9.17, 15) is 4.79 Å². The molecule has 0 atom stereocenters. The molecule has 1 heterocycles. The summed E-state index contributed by atoms with van der Waals surface area (Å²) in [5.74, 6) is -0.0336. The van der Waals surface area contributed by atoms with Crippen LogP contribution in [0.25, 0.3) is 11.0 Å². The SMILES string of the molecule is Nc1ccccc1C(=O)c1ccccc1.c1ccc2[nH]cnc2c1. The van der Waals surface area contributed by atoms with Gasteiger partial charge in [-0.25, -0.2) is 4.98 Å². The third kappa shape index (κ3) is 3.50. The Hall–Kier alpha value is -3.40. The van der Waals surface area contributed by atoms with E-state index >= 15 is 0 Å². The van der Waals surface area contributed by atoms with Crippen LogP contribution in [0.15, 0.2) is 85.2 Å². The molecule has 0 fully saturated rings. The van der Waals surface area contributed by atoms with Crippen molar-refractivity contribution >= 4 is 22.5 Å². The number of nitrogens with two attached hydrogens (primary N) is 1. The third-order valence-electron chi connectivity index (χ3n) is 3.57. The maximum Gasteiger partial charge on any atom is 0.195 e. The van der Waals surface area contributed by atoms with Crippen LogP contribution in [-0.2, 0) is 0 Å². The van der Waals surface area contributed by atoms with Crippen molar-refractivity contribution in [1.29, 1.82) is 0 Å². The molecule has 0 aliphatic heterocycles. The van der Waals surface area contributed by atoms with Gasteiger partial charge in [0, 0.05) is 16.8 Å². The summed E-state index contributed by atoms with van der Waals surface area (Å²) >= 11 is 0. The molecule has 3 aromatic carbocycles. The number of anilines is 1. The first-order valence-corrected chi connectivity index (χ1v) is 7.58. The Kier molecular flexibility index (Phi) is 4.68. The van der Waals surface area contributed by atoms with Gasteiger partial charge in [0.15, 0.2) is 5.78 Å². The van der Waals surface area contributed by atoms with Gasteiger partial charge in [0.2, 0.25) is 0 Å². The van der Waals surface area contributed by atoms with E-state index in [0.29, 0.717) is 16.8 Å². The highest BCUT2D eigenvalue weighted by Crippen LogP contribution is 2.15. The average Bonchev–Trinajstić information content (AvgIpc) is 3.12. The number of carbonyl (C=O) groups is 1. The first kappa shape index (κ1) is 15.5. The molecule has 0 radical (unpaired) electrons. The molecule has 4 aromatic rings. The third-order valence-corrected chi connectivity index (χ3v) is 3.57. The Morgan fingerprint density at radius 1 is 0.833 bits per heavy atom. The quantitative estimate of drug-likeness (QED) is 0.433. The predicted molar refractivity (Wildman–Crippen MR) is 96.8 cm³/mol. The van der Waals surface area contributed by atoms with E-state index in [0.717, 1.165) is 11.0 Å². The van der Waals surface area contributed by atoms with Crippen LogP contribution in [0.4, 0.5) is 5.69 Å². The number of imidazole rings is 1. The monoisotopic (exact) mass is 315 g/mol. The number of benzene rings is 3. The van der Waals surface area contributed by atoms with Gasteiger partial charge < -0.3 is 10.7 Å². The van der Waals surface area contributed by atoms with Crippen molar-refractivity contribution in [2.24, 2.45) is 0 Å². The summed E-state index contributed by atoms with van der Waals surface area (Å²) in [4.78, 5) is 19.1. The normalized spacial score (nSPS) is 10.0. The summed E-state index contributed by atoms with van der Waals surface area (Å²) in [6.45, 7) is 0. The first-order valence-electron chi connectivity index (χ1n) is 7.58. The van der Waals surface area contributed by atoms with Crippen molar-refractivity contribution in [3.05, 3.63) is 96.3 Å². The fourth-order valence-electron chi connectivity index (χ4n) is 2.33. The molecule has 0 saturated carbocycles. The molecule has 0 spiro atoms. The van der Waals surface area contributed by atoms with Crippen LogP contribution in [-0.4, -0.2) is 15.8 Å². The largest absolute Gasteiger partial charge is 0.398 e. The zero-order valence-electron chi connectivity index (χ0n) is 13.0. The summed E-state index contributed by atoms with van der Waals surface area (Å²) in [6, 6.07) is 24.2. The number of fused-ring (bicyclic) bond motifs is 1. The van der Waals surface area contributed by atoms with Crippen LogP contribution in [0.2, 0.25) is 0 Å². The molecule has 0 bridgehead atoms. The van der Waals surface area contributed by atoms with E-state index in [1.54, 1.807) is 30.6 Å². The lowest BCUT2D eigenvalue weighted by Crippen LogP contribution is -2.04. The summed E-state index contributed by atoms with van der Waals surface area (Å²) in [5, 5.41) is 0. The zero-order chi connectivity index (χ0) is 16.8. The fourth-order valence-corrected chi connectivity index (χ4v) is 2.33. The van der Waals surface area contributed by atoms with Crippen molar-refractivity contribution in [2.75, 3.05) is 5.73 Å². The smallest absolute Gasteiger partial charge is 0.195 e. The van der Waals surface area contributed by atoms with E-state index in [4.69, 9.17) is 5.73 Å². The Bertz CT molecular complexity index is 915.